The summed E-state index contributed by atoms with van der Waals surface area (Å²) in [5.74, 6) is 0.106. The molecule has 0 saturated carbocycles. The Morgan fingerprint density at radius 1 is 0.810 bits per heavy atom. The molecule has 3 aromatic carbocycles. The molecule has 1 amide bonds. The van der Waals surface area contributed by atoms with Crippen molar-refractivity contribution in [2.45, 2.75) is 68.5 Å². The van der Waals surface area contributed by atoms with Crippen LogP contribution in [0.2, 0.25) is 0 Å². The summed E-state index contributed by atoms with van der Waals surface area (Å²) >= 11 is 2.79. The van der Waals surface area contributed by atoms with Gasteiger partial charge in [0.05, 0.1) is 0 Å². The van der Waals surface area contributed by atoms with Crippen molar-refractivity contribution >= 4 is 44.0 Å². The second-order valence-corrected chi connectivity index (χ2v) is 14.5. The maximum absolute atomic E-state index is 13.8. The first kappa shape index (κ1) is 33.7. The van der Waals surface area contributed by atoms with Crippen molar-refractivity contribution in [3.05, 3.63) is 108 Å². The summed E-state index contributed by atoms with van der Waals surface area (Å²) in [4.78, 5) is 27.7. The molecular weight excluding hydrogens is 585 g/mol. The molecule has 6 nitrogen and oxygen atoms in total. The van der Waals surface area contributed by atoms with Crippen LogP contribution in [-0.4, -0.2) is 43.6 Å². The fourth-order valence-corrected chi connectivity index (χ4v) is 8.63. The van der Waals surface area contributed by atoms with Crippen LogP contribution in [0.15, 0.2) is 91.0 Å². The van der Waals surface area contributed by atoms with Gasteiger partial charge in [-0.15, -0.1) is 0 Å². The van der Waals surface area contributed by atoms with Crippen LogP contribution in [0.25, 0.3) is 0 Å². The van der Waals surface area contributed by atoms with Crippen molar-refractivity contribution in [3.63, 3.8) is 0 Å². The number of carbonyl (C=O) groups excluding carboxylic acids is 1. The van der Waals surface area contributed by atoms with Crippen molar-refractivity contribution in [1.82, 2.24) is 4.90 Å². The topological polar surface area (TPSA) is 83.9 Å². The van der Waals surface area contributed by atoms with Gasteiger partial charge in [-0.25, -0.2) is 14.5 Å². The zero-order valence-electron chi connectivity index (χ0n) is 24.2. The molecule has 0 heterocycles. The van der Waals surface area contributed by atoms with E-state index in [2.05, 4.69) is 24.3 Å². The number of thioether (sulfide) groups is 2. The Labute approximate surface area is 259 Å². The normalized spacial score (nSPS) is 12.1. The Hall–Kier alpha value is -2.80. The van der Waals surface area contributed by atoms with E-state index in [4.69, 9.17) is 4.74 Å². The molecule has 0 fully saturated rings. The summed E-state index contributed by atoms with van der Waals surface area (Å²) in [6, 6.07) is 28.4. The summed E-state index contributed by atoms with van der Waals surface area (Å²) in [5.41, 5.74) is 3.20. The molecule has 0 aliphatic rings. The van der Waals surface area contributed by atoms with Crippen molar-refractivity contribution in [3.8, 4) is 0 Å². The Bertz CT molecular complexity index is 1170. The third kappa shape index (κ3) is 10.8. The number of hydrogen-bond donors (Lipinski definition) is 1. The number of aliphatic carboxylic acids is 1. The smallest absolute Gasteiger partial charge is 0.415 e. The van der Waals surface area contributed by atoms with Crippen LogP contribution in [0.1, 0.15) is 55.7 Å². The number of carboxylic acid groups (broad SMARTS) is 1. The van der Waals surface area contributed by atoms with Gasteiger partial charge in [-0.2, -0.15) is 0 Å². The van der Waals surface area contributed by atoms with E-state index in [1.807, 2.05) is 73.7 Å². The highest BCUT2D eigenvalue weighted by Crippen LogP contribution is 2.51. The monoisotopic (exact) mass is 626 g/mol. The number of carbonyl (C=O) groups is 2. The molecular formula is C33H41NO5PS2+. The Balaban J connectivity index is 1.86. The van der Waals surface area contributed by atoms with Crippen LogP contribution >= 0.6 is 32.0 Å². The fourth-order valence-electron chi connectivity index (χ4n) is 4.55. The number of hydrogen-bond acceptors (Lipinski definition) is 6. The second-order valence-electron chi connectivity index (χ2n) is 9.97. The highest BCUT2D eigenvalue weighted by atomic mass is 32.2. The molecule has 2 atom stereocenters. The van der Waals surface area contributed by atoms with E-state index < -0.39 is 30.5 Å². The van der Waals surface area contributed by atoms with E-state index in [0.29, 0.717) is 17.9 Å². The predicted octanol–water partition coefficient (Wildman–Crippen LogP) is 8.64. The van der Waals surface area contributed by atoms with E-state index in [9.17, 15) is 19.3 Å². The maximum Gasteiger partial charge on any atom is 0.415 e. The summed E-state index contributed by atoms with van der Waals surface area (Å²) in [6.45, 7) is 1.99. The molecule has 0 aromatic heterocycles. The molecule has 1 N–H and O–H groups in total. The molecule has 3 rings (SSSR count). The molecule has 42 heavy (non-hydrogen) atoms. The fraction of sp³-hybridized carbons (Fsp3) is 0.394. The van der Waals surface area contributed by atoms with Crippen LogP contribution < -0.4 is 0 Å². The molecule has 0 spiro atoms. The largest absolute Gasteiger partial charge is 0.480 e. The number of benzene rings is 3. The lowest BCUT2D eigenvalue weighted by molar-refractivity contribution is -0.143. The molecule has 0 bridgehead atoms. The second kappa shape index (κ2) is 18.7. The lowest BCUT2D eigenvalue weighted by atomic mass is 10.1. The number of rotatable bonds is 19. The summed E-state index contributed by atoms with van der Waals surface area (Å²) < 4.78 is 17.7. The standard InChI is InChI=1S/C33H40NO5PS2/c1-2-3-23-30(31(35)36)34(32(37)39-26-29-19-11-6-12-20-29)33(40-38,41-24-13-21-27-15-7-4-8-16-27)42-25-14-22-28-17-9-5-10-18-28/h4-12,15-20,30H,2-3,13-14,21-26H2,1H3,(H,35,36)/p+1. The first-order valence-corrected chi connectivity index (χ1v) is 17.3. The van der Waals surface area contributed by atoms with E-state index in [1.54, 1.807) is 0 Å². The van der Waals surface area contributed by atoms with Crippen LogP contribution in [0, 0.1) is 0 Å². The highest BCUT2D eigenvalue weighted by Gasteiger charge is 2.54. The highest BCUT2D eigenvalue weighted by molar-refractivity contribution is 8.23. The van der Waals surface area contributed by atoms with E-state index >= 15 is 0 Å². The number of carboxylic acids is 1. The molecule has 3 aromatic rings. The van der Waals surface area contributed by atoms with Gasteiger partial charge in [0, 0.05) is 11.5 Å². The number of amides is 1. The van der Waals surface area contributed by atoms with Crippen molar-refractivity contribution in [2.75, 3.05) is 11.5 Å². The molecule has 0 aliphatic heterocycles. The number of aryl methyl sites for hydroxylation is 2. The predicted molar refractivity (Wildman–Crippen MR) is 176 cm³/mol. The van der Waals surface area contributed by atoms with Crippen LogP contribution in [0.5, 0.6) is 0 Å². The van der Waals surface area contributed by atoms with Gasteiger partial charge in [0.1, 0.15) is 12.6 Å². The van der Waals surface area contributed by atoms with Gasteiger partial charge >= 0.3 is 24.5 Å². The average molecular weight is 627 g/mol. The minimum absolute atomic E-state index is 0.00564. The summed E-state index contributed by atoms with van der Waals surface area (Å²) in [7, 11) is -0.953. The van der Waals surface area contributed by atoms with Crippen LogP contribution in [-0.2, 0) is 33.5 Å². The molecule has 2 unspecified atom stereocenters. The van der Waals surface area contributed by atoms with E-state index in [1.165, 1.54) is 39.6 Å². The van der Waals surface area contributed by atoms with E-state index in [-0.39, 0.29) is 13.0 Å². The van der Waals surface area contributed by atoms with Gasteiger partial charge in [-0.1, -0.05) is 139 Å². The van der Waals surface area contributed by atoms with Crippen molar-refractivity contribution in [1.29, 1.82) is 0 Å². The van der Waals surface area contributed by atoms with Gasteiger partial charge < -0.3 is 9.84 Å². The van der Waals surface area contributed by atoms with Crippen LogP contribution in [0.4, 0.5) is 4.79 Å². The number of nitrogens with zero attached hydrogens (tertiary/aromatic N) is 1. The zero-order valence-corrected chi connectivity index (χ0v) is 26.8. The molecule has 224 valence electrons. The SMILES string of the molecule is CCCCC(C(=O)O)N(C(=O)OCc1ccccc1)C([PH+]=O)(SCCCc1ccccc1)SCCCc1ccccc1. The molecule has 9 heteroatoms. The lowest BCUT2D eigenvalue weighted by Crippen LogP contribution is -2.53. The van der Waals surface area contributed by atoms with Gasteiger partial charge in [0.25, 0.3) is 0 Å². The first-order valence-electron chi connectivity index (χ1n) is 14.5. The molecule has 0 radical (unpaired) electrons. The van der Waals surface area contributed by atoms with E-state index in [0.717, 1.165) is 37.7 Å². The van der Waals surface area contributed by atoms with Crippen LogP contribution in [0.3, 0.4) is 0 Å². The van der Waals surface area contributed by atoms with Gasteiger partial charge in [0.2, 0.25) is 0 Å². The zero-order chi connectivity index (χ0) is 30.0. The Morgan fingerprint density at radius 3 is 1.71 bits per heavy atom. The van der Waals surface area contributed by atoms with Gasteiger partial charge in [-0.3, -0.25) is 0 Å². The quantitative estimate of drug-likeness (QED) is 0.0810. The van der Waals surface area contributed by atoms with Gasteiger partial charge in [0.15, 0.2) is 0 Å². The lowest BCUT2D eigenvalue weighted by Gasteiger charge is -2.36. The average Bonchev–Trinajstić information content (AvgIpc) is 3.03. The summed E-state index contributed by atoms with van der Waals surface area (Å²) in [5, 5.41) is 10.3. The maximum atomic E-state index is 13.8. The Morgan fingerprint density at radius 2 is 1.29 bits per heavy atom. The number of unbranched alkanes of at least 4 members (excludes halogenated alkanes) is 1. The third-order valence-electron chi connectivity index (χ3n) is 6.78. The number of ether oxygens (including phenoxy) is 1. The van der Waals surface area contributed by atoms with Crippen molar-refractivity contribution < 1.29 is 24.0 Å². The summed E-state index contributed by atoms with van der Waals surface area (Å²) in [6.07, 6.45) is 4.16. The molecule has 0 saturated heterocycles. The first-order chi connectivity index (χ1) is 20.5. The third-order valence-corrected chi connectivity index (χ3v) is 11.5. The van der Waals surface area contributed by atoms with Gasteiger partial charge in [-0.05, 0) is 48.8 Å². The van der Waals surface area contributed by atoms with Crippen molar-refractivity contribution in [2.24, 2.45) is 0 Å². The Kier molecular flexibility index (Phi) is 15.0. The molecule has 0 aliphatic carbocycles. The minimum Gasteiger partial charge on any atom is -0.480 e. The minimum atomic E-state index is -1.29.